The molecule has 4 aromatic rings. The number of fused-ring (bicyclic) bond motifs is 2. The summed E-state index contributed by atoms with van der Waals surface area (Å²) >= 11 is 0. The normalized spacial score (nSPS) is 21.6. The molecule has 0 radical (unpaired) electrons. The SMILES string of the molecule is C/C=C/[C@H]1CN(C2COC2)CC[C@@H]1Nc1nc(OC)c2c(-c3ccc4nnn([C@H](C)CF)c4c3)c(F)cn2n1. The predicted molar refractivity (Wildman–Crippen MR) is 143 cm³/mol. The quantitative estimate of drug-likeness (QED) is 0.338. The third-order valence-electron chi connectivity index (χ3n) is 7.73. The van der Waals surface area contributed by atoms with E-state index in [0.717, 1.165) is 32.7 Å². The van der Waals surface area contributed by atoms with E-state index in [9.17, 15) is 4.39 Å². The van der Waals surface area contributed by atoms with E-state index in [1.165, 1.54) is 22.5 Å². The van der Waals surface area contributed by atoms with Gasteiger partial charge in [0.05, 0.1) is 49.7 Å². The lowest BCUT2D eigenvalue weighted by Gasteiger charge is -2.44. The van der Waals surface area contributed by atoms with Gasteiger partial charge in [0.15, 0.2) is 5.82 Å². The second-order valence-corrected chi connectivity index (χ2v) is 10.2. The molecule has 3 aromatic heterocycles. The van der Waals surface area contributed by atoms with Crippen molar-refractivity contribution in [2.75, 3.05) is 45.4 Å². The fourth-order valence-corrected chi connectivity index (χ4v) is 5.54. The Morgan fingerprint density at radius 3 is 2.87 bits per heavy atom. The highest BCUT2D eigenvalue weighted by molar-refractivity contribution is 5.89. The van der Waals surface area contributed by atoms with Crippen LogP contribution in [0.25, 0.3) is 27.7 Å². The van der Waals surface area contributed by atoms with Gasteiger partial charge in [0.1, 0.15) is 17.7 Å². The first-order valence-corrected chi connectivity index (χ1v) is 13.3. The van der Waals surface area contributed by atoms with Gasteiger partial charge >= 0.3 is 0 Å². The molecule has 2 aliphatic heterocycles. The first-order valence-electron chi connectivity index (χ1n) is 13.3. The van der Waals surface area contributed by atoms with Gasteiger partial charge in [-0.1, -0.05) is 23.4 Å². The summed E-state index contributed by atoms with van der Waals surface area (Å²) in [5, 5.41) is 16.3. The van der Waals surface area contributed by atoms with Crippen LogP contribution in [0.5, 0.6) is 5.88 Å². The zero-order chi connectivity index (χ0) is 27.1. The maximum absolute atomic E-state index is 15.5. The number of nitrogens with zero attached hydrogens (tertiary/aromatic N) is 7. The van der Waals surface area contributed by atoms with Crippen LogP contribution in [0.1, 0.15) is 26.3 Å². The Kier molecular flexibility index (Phi) is 6.90. The summed E-state index contributed by atoms with van der Waals surface area (Å²) in [5.41, 5.74) is 2.49. The number of alkyl halides is 1. The number of aromatic nitrogens is 6. The summed E-state index contributed by atoms with van der Waals surface area (Å²) in [6.45, 7) is 6.61. The minimum Gasteiger partial charge on any atom is -0.479 e. The first-order chi connectivity index (χ1) is 19.0. The molecule has 3 atom stereocenters. The zero-order valence-electron chi connectivity index (χ0n) is 22.2. The number of rotatable bonds is 8. The van der Waals surface area contributed by atoms with Gasteiger partial charge in [0.2, 0.25) is 11.8 Å². The number of hydrogen-bond acceptors (Lipinski definition) is 8. The lowest BCUT2D eigenvalue weighted by Crippen LogP contribution is -2.56. The molecule has 5 heterocycles. The van der Waals surface area contributed by atoms with E-state index in [0.29, 0.717) is 39.7 Å². The molecule has 2 aliphatic rings. The van der Waals surface area contributed by atoms with Gasteiger partial charge in [0, 0.05) is 25.0 Å². The van der Waals surface area contributed by atoms with Crippen LogP contribution < -0.4 is 10.1 Å². The van der Waals surface area contributed by atoms with E-state index in [-0.39, 0.29) is 17.8 Å². The van der Waals surface area contributed by atoms with Gasteiger partial charge in [-0.15, -0.1) is 10.2 Å². The number of nitrogens with one attached hydrogen (secondary N) is 1. The van der Waals surface area contributed by atoms with Crippen LogP contribution in [-0.2, 0) is 4.74 Å². The van der Waals surface area contributed by atoms with Gasteiger partial charge in [-0.3, -0.25) is 4.90 Å². The van der Waals surface area contributed by atoms with Crippen LogP contribution in [-0.4, -0.2) is 86.7 Å². The molecule has 39 heavy (non-hydrogen) atoms. The van der Waals surface area contributed by atoms with E-state index in [4.69, 9.17) is 9.47 Å². The molecule has 0 amide bonds. The summed E-state index contributed by atoms with van der Waals surface area (Å²) < 4.78 is 42.8. The maximum atomic E-state index is 15.5. The van der Waals surface area contributed by atoms with Gasteiger partial charge in [-0.2, -0.15) is 4.98 Å². The molecule has 0 spiro atoms. The lowest BCUT2D eigenvalue weighted by atomic mass is 9.90. The molecule has 0 saturated carbocycles. The highest BCUT2D eigenvalue weighted by Gasteiger charge is 2.34. The Hall–Kier alpha value is -3.64. The van der Waals surface area contributed by atoms with Crippen molar-refractivity contribution in [3.8, 4) is 17.0 Å². The topological polar surface area (TPSA) is 94.6 Å². The summed E-state index contributed by atoms with van der Waals surface area (Å²) in [6.07, 6.45) is 6.53. The highest BCUT2D eigenvalue weighted by atomic mass is 19.1. The number of likely N-dealkylation sites (tertiary alicyclic amines) is 1. The monoisotopic (exact) mass is 538 g/mol. The van der Waals surface area contributed by atoms with Crippen LogP contribution in [0.4, 0.5) is 14.7 Å². The molecule has 0 aliphatic carbocycles. The highest BCUT2D eigenvalue weighted by Crippen LogP contribution is 2.36. The van der Waals surface area contributed by atoms with Crippen molar-refractivity contribution in [3.05, 3.63) is 42.4 Å². The van der Waals surface area contributed by atoms with Crippen molar-refractivity contribution in [2.45, 2.75) is 38.4 Å². The number of ether oxygens (including phenoxy) is 2. The third-order valence-corrected chi connectivity index (χ3v) is 7.73. The summed E-state index contributed by atoms with van der Waals surface area (Å²) in [6, 6.07) is 5.37. The van der Waals surface area contributed by atoms with Crippen LogP contribution in [0.2, 0.25) is 0 Å². The second kappa shape index (κ2) is 10.5. The second-order valence-electron chi connectivity index (χ2n) is 10.2. The molecule has 206 valence electrons. The smallest absolute Gasteiger partial charge is 0.244 e. The Morgan fingerprint density at radius 2 is 2.15 bits per heavy atom. The van der Waals surface area contributed by atoms with E-state index in [2.05, 4.69) is 42.8 Å². The summed E-state index contributed by atoms with van der Waals surface area (Å²) in [7, 11) is 1.51. The van der Waals surface area contributed by atoms with Gasteiger partial charge in [-0.05, 0) is 38.0 Å². The average molecular weight is 539 g/mol. The number of benzene rings is 1. The standard InChI is InChI=1S/C27H32F2N8O2/c1-4-5-18-12-35(19-14-39-15-19)9-8-21(18)30-27-31-26(38-3)25-24(20(29)13-36(25)33-27)17-6-7-22-23(10-17)37(34-32-22)16(2)11-28/h4-7,10,13,16,18-19,21H,8-9,11-12,14-15H2,1-3H3,(H,30,33)/b5-4+/t16-,18+,21+/m1/s1. The molecule has 6 rings (SSSR count). The molecule has 2 fully saturated rings. The van der Waals surface area contributed by atoms with E-state index < -0.39 is 18.5 Å². The van der Waals surface area contributed by atoms with Crippen molar-refractivity contribution < 1.29 is 18.3 Å². The van der Waals surface area contributed by atoms with Crippen molar-refractivity contribution in [3.63, 3.8) is 0 Å². The summed E-state index contributed by atoms with van der Waals surface area (Å²) in [5.74, 6) is 0.417. The number of methoxy groups -OCH3 is 1. The Bertz CT molecular complexity index is 1510. The number of hydrogen-bond donors (Lipinski definition) is 1. The van der Waals surface area contributed by atoms with Crippen LogP contribution >= 0.6 is 0 Å². The average Bonchev–Trinajstić information content (AvgIpc) is 3.48. The molecule has 1 aromatic carbocycles. The van der Waals surface area contributed by atoms with Crippen molar-refractivity contribution in [1.29, 1.82) is 0 Å². The Balaban J connectivity index is 1.34. The zero-order valence-corrected chi connectivity index (χ0v) is 22.2. The number of anilines is 1. The van der Waals surface area contributed by atoms with E-state index >= 15 is 4.39 Å². The Labute approximate surface area is 224 Å². The lowest BCUT2D eigenvalue weighted by molar-refractivity contribution is -0.0747. The van der Waals surface area contributed by atoms with Crippen molar-refractivity contribution in [2.24, 2.45) is 5.92 Å². The minimum absolute atomic E-state index is 0.119. The largest absolute Gasteiger partial charge is 0.479 e. The third kappa shape index (κ3) is 4.61. The molecular weight excluding hydrogens is 506 g/mol. The number of piperidine rings is 1. The first kappa shape index (κ1) is 25.6. The molecule has 0 unspecified atom stereocenters. The molecular formula is C27H32F2N8O2. The van der Waals surface area contributed by atoms with Crippen LogP contribution in [0.15, 0.2) is 36.5 Å². The fourth-order valence-electron chi connectivity index (χ4n) is 5.54. The molecule has 1 N–H and O–H groups in total. The van der Waals surface area contributed by atoms with Crippen molar-refractivity contribution >= 4 is 22.5 Å². The molecule has 2 saturated heterocycles. The molecule has 12 heteroatoms. The van der Waals surface area contributed by atoms with Crippen LogP contribution in [0.3, 0.4) is 0 Å². The molecule has 0 bridgehead atoms. The maximum Gasteiger partial charge on any atom is 0.244 e. The number of allylic oxidation sites excluding steroid dienone is 1. The number of halogens is 2. The predicted octanol–water partition coefficient (Wildman–Crippen LogP) is 3.90. The van der Waals surface area contributed by atoms with Gasteiger partial charge < -0.3 is 14.8 Å². The Morgan fingerprint density at radius 1 is 1.31 bits per heavy atom. The molecule has 10 nitrogen and oxygen atoms in total. The van der Waals surface area contributed by atoms with Gasteiger partial charge in [-0.25, -0.2) is 18.0 Å². The van der Waals surface area contributed by atoms with Gasteiger partial charge in [0.25, 0.3) is 0 Å². The van der Waals surface area contributed by atoms with E-state index in [1.807, 2.05) is 6.92 Å². The van der Waals surface area contributed by atoms with E-state index in [1.54, 1.807) is 25.1 Å². The van der Waals surface area contributed by atoms with Crippen LogP contribution in [0, 0.1) is 11.7 Å². The minimum atomic E-state index is -0.591. The summed E-state index contributed by atoms with van der Waals surface area (Å²) in [4.78, 5) is 7.11. The van der Waals surface area contributed by atoms with Crippen molar-refractivity contribution in [1.82, 2.24) is 34.5 Å². The fraction of sp³-hybridized carbons (Fsp3) is 0.481.